The molecule has 0 spiro atoms. The normalized spacial score (nSPS) is 43.9. The third-order valence-electron chi connectivity index (χ3n) is 6.56. The summed E-state index contributed by atoms with van der Waals surface area (Å²) in [4.78, 5) is 16.5. The number of fused-ring (bicyclic) bond motifs is 3. The second-order valence-corrected chi connectivity index (χ2v) is 7.78. The van der Waals surface area contributed by atoms with E-state index in [2.05, 4.69) is 9.80 Å². The van der Waals surface area contributed by atoms with Gasteiger partial charge in [0.05, 0.1) is 0 Å². The lowest BCUT2D eigenvalue weighted by Gasteiger charge is -2.47. The van der Waals surface area contributed by atoms with Gasteiger partial charge in [0.2, 0.25) is 0 Å². The van der Waals surface area contributed by atoms with Crippen LogP contribution in [0.4, 0.5) is 0 Å². The van der Waals surface area contributed by atoms with Crippen molar-refractivity contribution >= 4 is 5.97 Å². The largest absolute Gasteiger partial charge is 0.481 e. The average molecular weight is 292 g/mol. The number of rotatable bonds is 3. The van der Waals surface area contributed by atoms with Crippen LogP contribution in [0.15, 0.2) is 0 Å². The smallest absolute Gasteiger partial charge is 0.303 e. The molecular weight excluding hydrogens is 264 g/mol. The van der Waals surface area contributed by atoms with Crippen LogP contribution in [0.25, 0.3) is 0 Å². The molecule has 4 aliphatic heterocycles. The van der Waals surface area contributed by atoms with E-state index in [1.165, 1.54) is 51.6 Å². The van der Waals surface area contributed by atoms with Crippen LogP contribution in [0.1, 0.15) is 57.8 Å². The number of carboxylic acid groups (broad SMARTS) is 1. The molecular formula is C17H28N2O2. The van der Waals surface area contributed by atoms with E-state index in [9.17, 15) is 4.79 Å². The van der Waals surface area contributed by atoms with Gasteiger partial charge >= 0.3 is 5.97 Å². The third kappa shape index (κ3) is 2.61. The molecule has 0 radical (unpaired) electrons. The van der Waals surface area contributed by atoms with Crippen LogP contribution in [-0.2, 0) is 4.79 Å². The lowest BCUT2D eigenvalue weighted by Crippen LogP contribution is -2.54. The first kappa shape index (κ1) is 14.0. The highest BCUT2D eigenvalue weighted by molar-refractivity contribution is 5.67. The molecule has 0 aliphatic carbocycles. The SMILES string of the molecule is O=C(O)CC1CC2CCC(C1)N2C1CCN2CCCC2C1. The second-order valence-electron chi connectivity index (χ2n) is 7.78. The van der Waals surface area contributed by atoms with E-state index < -0.39 is 5.97 Å². The second kappa shape index (κ2) is 5.54. The lowest BCUT2D eigenvalue weighted by molar-refractivity contribution is -0.138. The fourth-order valence-corrected chi connectivity index (χ4v) is 5.81. The van der Waals surface area contributed by atoms with Gasteiger partial charge in [-0.25, -0.2) is 0 Å². The van der Waals surface area contributed by atoms with Crippen LogP contribution in [0, 0.1) is 5.92 Å². The maximum Gasteiger partial charge on any atom is 0.303 e. The predicted octanol–water partition coefficient (Wildman–Crippen LogP) is 2.33. The standard InChI is InChI=1S/C17H28N2O2/c20-17(21)10-12-8-14-3-4-15(9-12)19(14)16-5-7-18-6-1-2-13(18)11-16/h12-16H,1-11H2,(H,20,21). The highest BCUT2D eigenvalue weighted by atomic mass is 16.4. The summed E-state index contributed by atoms with van der Waals surface area (Å²) in [6.07, 6.45) is 10.8. The van der Waals surface area contributed by atoms with Crippen molar-refractivity contribution in [2.45, 2.75) is 82.0 Å². The first-order chi connectivity index (χ1) is 10.2. The Kier molecular flexibility index (Phi) is 3.70. The van der Waals surface area contributed by atoms with E-state index in [1.807, 2.05) is 0 Å². The quantitative estimate of drug-likeness (QED) is 0.867. The number of hydrogen-bond donors (Lipinski definition) is 1. The van der Waals surface area contributed by atoms with Crippen molar-refractivity contribution < 1.29 is 9.90 Å². The fourth-order valence-electron chi connectivity index (χ4n) is 5.81. The van der Waals surface area contributed by atoms with Crippen LogP contribution in [-0.4, -0.2) is 58.1 Å². The third-order valence-corrected chi connectivity index (χ3v) is 6.56. The van der Waals surface area contributed by atoms with Gasteiger partial charge in [0.25, 0.3) is 0 Å². The Morgan fingerprint density at radius 3 is 2.33 bits per heavy atom. The van der Waals surface area contributed by atoms with Crippen molar-refractivity contribution in [3.63, 3.8) is 0 Å². The molecule has 0 amide bonds. The molecule has 4 aliphatic rings. The van der Waals surface area contributed by atoms with E-state index in [0.29, 0.717) is 24.4 Å². The van der Waals surface area contributed by atoms with Crippen molar-refractivity contribution in [1.82, 2.24) is 9.80 Å². The monoisotopic (exact) mass is 292 g/mol. The Bertz CT molecular complexity index is 400. The Morgan fingerprint density at radius 1 is 0.905 bits per heavy atom. The molecule has 4 fully saturated rings. The molecule has 4 nitrogen and oxygen atoms in total. The van der Waals surface area contributed by atoms with Crippen molar-refractivity contribution in [3.05, 3.63) is 0 Å². The summed E-state index contributed by atoms with van der Waals surface area (Å²) in [5.74, 6) is -0.171. The topological polar surface area (TPSA) is 43.8 Å². The molecule has 0 aromatic rings. The molecule has 4 atom stereocenters. The van der Waals surface area contributed by atoms with E-state index in [-0.39, 0.29) is 0 Å². The molecule has 4 heteroatoms. The minimum Gasteiger partial charge on any atom is -0.481 e. The molecule has 4 heterocycles. The van der Waals surface area contributed by atoms with Crippen molar-refractivity contribution in [2.24, 2.45) is 5.92 Å². The van der Waals surface area contributed by atoms with Crippen LogP contribution < -0.4 is 0 Å². The van der Waals surface area contributed by atoms with E-state index in [0.717, 1.165) is 24.9 Å². The number of carboxylic acids is 1. The molecule has 4 saturated heterocycles. The summed E-state index contributed by atoms with van der Waals surface area (Å²) in [7, 11) is 0. The van der Waals surface area contributed by atoms with Crippen molar-refractivity contribution in [1.29, 1.82) is 0 Å². The molecule has 4 unspecified atom stereocenters. The first-order valence-corrected chi connectivity index (χ1v) is 8.94. The molecule has 21 heavy (non-hydrogen) atoms. The lowest BCUT2D eigenvalue weighted by atomic mass is 9.85. The molecule has 0 aromatic heterocycles. The summed E-state index contributed by atoms with van der Waals surface area (Å²) in [5.41, 5.74) is 0. The molecule has 0 aromatic carbocycles. The Labute approximate surface area is 127 Å². The zero-order chi connectivity index (χ0) is 14.4. The van der Waals surface area contributed by atoms with Gasteiger partial charge in [-0.05, 0) is 70.4 Å². The van der Waals surface area contributed by atoms with Gasteiger partial charge in [0.15, 0.2) is 0 Å². The molecule has 0 saturated carbocycles. The van der Waals surface area contributed by atoms with Crippen LogP contribution in [0.2, 0.25) is 0 Å². The van der Waals surface area contributed by atoms with E-state index in [4.69, 9.17) is 5.11 Å². The number of aliphatic carboxylic acids is 1. The van der Waals surface area contributed by atoms with E-state index >= 15 is 0 Å². The van der Waals surface area contributed by atoms with E-state index in [1.54, 1.807) is 0 Å². The van der Waals surface area contributed by atoms with Gasteiger partial charge in [0.1, 0.15) is 0 Å². The fraction of sp³-hybridized carbons (Fsp3) is 0.941. The Hall–Kier alpha value is -0.610. The Morgan fingerprint density at radius 2 is 1.62 bits per heavy atom. The van der Waals surface area contributed by atoms with Crippen LogP contribution in [0.3, 0.4) is 0 Å². The number of hydrogen-bond acceptors (Lipinski definition) is 3. The van der Waals surface area contributed by atoms with Crippen LogP contribution in [0.5, 0.6) is 0 Å². The summed E-state index contributed by atoms with van der Waals surface area (Å²) < 4.78 is 0. The van der Waals surface area contributed by atoms with Gasteiger partial charge in [-0.1, -0.05) is 0 Å². The summed E-state index contributed by atoms with van der Waals surface area (Å²) in [6.45, 7) is 2.62. The maximum absolute atomic E-state index is 11.0. The minimum absolute atomic E-state index is 0.391. The summed E-state index contributed by atoms with van der Waals surface area (Å²) in [5, 5.41) is 9.06. The Balaban J connectivity index is 1.41. The van der Waals surface area contributed by atoms with Gasteiger partial charge in [-0.2, -0.15) is 0 Å². The minimum atomic E-state index is -0.605. The van der Waals surface area contributed by atoms with Crippen LogP contribution >= 0.6 is 0 Å². The molecule has 1 N–H and O–H groups in total. The van der Waals surface area contributed by atoms with Crippen molar-refractivity contribution in [2.75, 3.05) is 13.1 Å². The average Bonchev–Trinajstić information content (AvgIpc) is 3.00. The van der Waals surface area contributed by atoms with Gasteiger partial charge in [0, 0.05) is 30.6 Å². The zero-order valence-corrected chi connectivity index (χ0v) is 12.9. The summed E-state index contributed by atoms with van der Waals surface area (Å²) in [6, 6.07) is 3.00. The van der Waals surface area contributed by atoms with Crippen molar-refractivity contribution in [3.8, 4) is 0 Å². The number of piperidine rings is 2. The van der Waals surface area contributed by atoms with Gasteiger partial charge in [-0.15, -0.1) is 0 Å². The molecule has 4 rings (SSSR count). The number of nitrogens with zero attached hydrogens (tertiary/aromatic N) is 2. The first-order valence-electron chi connectivity index (χ1n) is 8.94. The maximum atomic E-state index is 11.0. The predicted molar refractivity (Wildman–Crippen MR) is 81.2 cm³/mol. The summed E-state index contributed by atoms with van der Waals surface area (Å²) >= 11 is 0. The zero-order valence-electron chi connectivity index (χ0n) is 12.9. The number of carbonyl (C=O) groups is 1. The molecule has 2 bridgehead atoms. The molecule has 118 valence electrons. The van der Waals surface area contributed by atoms with Gasteiger partial charge < -0.3 is 10.0 Å². The van der Waals surface area contributed by atoms with Gasteiger partial charge in [-0.3, -0.25) is 9.69 Å². The highest BCUT2D eigenvalue weighted by Crippen LogP contribution is 2.43. The highest BCUT2D eigenvalue weighted by Gasteiger charge is 2.46.